The minimum absolute atomic E-state index is 0.158. The van der Waals surface area contributed by atoms with Crippen molar-refractivity contribution in [1.29, 1.82) is 0 Å². The van der Waals surface area contributed by atoms with Gasteiger partial charge in [-0.3, -0.25) is 10.1 Å². The monoisotopic (exact) mass is 263 g/mol. The van der Waals surface area contributed by atoms with E-state index in [1.165, 1.54) is 25.9 Å². The fourth-order valence-corrected chi connectivity index (χ4v) is 2.39. The number of likely N-dealkylation sites (tertiary alicyclic amines) is 1. The Morgan fingerprint density at radius 2 is 1.84 bits per heavy atom. The van der Waals surface area contributed by atoms with Gasteiger partial charge in [0.15, 0.2) is 0 Å². The molecule has 5 nitrogen and oxygen atoms in total. The molecule has 0 bridgehead atoms. The van der Waals surface area contributed by atoms with E-state index in [9.17, 15) is 10.1 Å². The molecule has 0 unspecified atom stereocenters. The number of nitrogens with one attached hydrogen (secondary N) is 1. The largest absolute Gasteiger partial charge is 0.315 e. The number of hydrogen-bond donors (Lipinski definition) is 1. The van der Waals surface area contributed by atoms with Crippen LogP contribution in [0.15, 0.2) is 24.3 Å². The number of nitro benzene ring substituents is 1. The number of non-ortho nitro benzene ring substituents is 1. The summed E-state index contributed by atoms with van der Waals surface area (Å²) in [6.07, 6.45) is 3.59. The summed E-state index contributed by atoms with van der Waals surface area (Å²) in [6, 6.07) is 6.81. The molecule has 19 heavy (non-hydrogen) atoms. The Morgan fingerprint density at radius 3 is 2.47 bits per heavy atom. The molecule has 0 aliphatic carbocycles. The van der Waals surface area contributed by atoms with E-state index in [0.29, 0.717) is 0 Å². The molecule has 1 aromatic carbocycles. The van der Waals surface area contributed by atoms with Crippen LogP contribution in [0.3, 0.4) is 0 Å². The average molecular weight is 263 g/mol. The zero-order valence-electron chi connectivity index (χ0n) is 11.2. The lowest BCUT2D eigenvalue weighted by Crippen LogP contribution is -2.30. The highest BCUT2D eigenvalue weighted by Gasteiger charge is 2.09. The van der Waals surface area contributed by atoms with Crippen LogP contribution < -0.4 is 5.32 Å². The van der Waals surface area contributed by atoms with Gasteiger partial charge in [-0.05, 0) is 44.5 Å². The highest BCUT2D eigenvalue weighted by molar-refractivity contribution is 5.32. The third-order valence-corrected chi connectivity index (χ3v) is 3.54. The van der Waals surface area contributed by atoms with Crippen molar-refractivity contribution < 1.29 is 4.92 Å². The lowest BCUT2D eigenvalue weighted by atomic mass is 10.1. The molecule has 1 fully saturated rings. The Labute approximate surface area is 113 Å². The van der Waals surface area contributed by atoms with Gasteiger partial charge in [-0.15, -0.1) is 0 Å². The van der Waals surface area contributed by atoms with Crippen molar-refractivity contribution in [2.24, 2.45) is 0 Å². The van der Waals surface area contributed by atoms with Gasteiger partial charge in [0, 0.05) is 25.2 Å². The van der Waals surface area contributed by atoms with Crippen LogP contribution in [0, 0.1) is 10.1 Å². The molecule has 5 heteroatoms. The SMILES string of the molecule is O=[N+]([O-])c1ccc(CCNCCN2CCCC2)cc1. The molecule has 1 aromatic rings. The van der Waals surface area contributed by atoms with E-state index in [1.54, 1.807) is 12.1 Å². The van der Waals surface area contributed by atoms with Gasteiger partial charge in [-0.2, -0.15) is 0 Å². The first-order chi connectivity index (χ1) is 9.25. The highest BCUT2D eigenvalue weighted by atomic mass is 16.6. The maximum atomic E-state index is 10.5. The quantitative estimate of drug-likeness (QED) is 0.463. The predicted octanol–water partition coefficient (Wildman–Crippen LogP) is 1.82. The molecule has 1 heterocycles. The standard InChI is InChI=1S/C14H21N3O2/c18-17(19)14-5-3-13(4-6-14)7-8-15-9-12-16-10-1-2-11-16/h3-6,15H,1-2,7-12H2. The molecule has 104 valence electrons. The van der Waals surface area contributed by atoms with Gasteiger partial charge < -0.3 is 10.2 Å². The summed E-state index contributed by atoms with van der Waals surface area (Å²) in [6.45, 7) is 5.55. The first kappa shape index (κ1) is 14.0. The molecule has 0 amide bonds. The fourth-order valence-electron chi connectivity index (χ4n) is 2.39. The van der Waals surface area contributed by atoms with Gasteiger partial charge in [-0.25, -0.2) is 0 Å². The predicted molar refractivity (Wildman–Crippen MR) is 75.3 cm³/mol. The normalized spacial score (nSPS) is 15.8. The molecule has 0 radical (unpaired) electrons. The third-order valence-electron chi connectivity index (χ3n) is 3.54. The summed E-state index contributed by atoms with van der Waals surface area (Å²) in [5.74, 6) is 0. The molecule has 2 rings (SSSR count). The first-order valence-corrected chi connectivity index (χ1v) is 6.92. The summed E-state index contributed by atoms with van der Waals surface area (Å²) in [5, 5.41) is 13.9. The molecule has 1 aliphatic rings. The summed E-state index contributed by atoms with van der Waals surface area (Å²) in [4.78, 5) is 12.6. The van der Waals surface area contributed by atoms with Crippen LogP contribution in [-0.4, -0.2) is 42.5 Å². The first-order valence-electron chi connectivity index (χ1n) is 6.92. The maximum Gasteiger partial charge on any atom is 0.269 e. The number of nitro groups is 1. The van der Waals surface area contributed by atoms with E-state index < -0.39 is 0 Å². The van der Waals surface area contributed by atoms with Crippen molar-refractivity contribution in [1.82, 2.24) is 10.2 Å². The van der Waals surface area contributed by atoms with Gasteiger partial charge >= 0.3 is 0 Å². The smallest absolute Gasteiger partial charge is 0.269 e. The minimum Gasteiger partial charge on any atom is -0.315 e. The Hall–Kier alpha value is -1.46. The van der Waals surface area contributed by atoms with E-state index >= 15 is 0 Å². The average Bonchev–Trinajstić information content (AvgIpc) is 2.92. The Balaban J connectivity index is 1.61. The third kappa shape index (κ3) is 4.61. The van der Waals surface area contributed by atoms with Crippen LogP contribution in [0.4, 0.5) is 5.69 Å². The van der Waals surface area contributed by atoms with Crippen LogP contribution in [0.5, 0.6) is 0 Å². The van der Waals surface area contributed by atoms with Gasteiger partial charge in [0.2, 0.25) is 0 Å². The van der Waals surface area contributed by atoms with Crippen LogP contribution >= 0.6 is 0 Å². The molecule has 1 N–H and O–H groups in total. The summed E-state index contributed by atoms with van der Waals surface area (Å²) < 4.78 is 0. The number of nitrogens with zero attached hydrogens (tertiary/aromatic N) is 2. The van der Waals surface area contributed by atoms with Crippen LogP contribution in [0.2, 0.25) is 0 Å². The highest BCUT2D eigenvalue weighted by Crippen LogP contribution is 2.11. The van der Waals surface area contributed by atoms with Crippen LogP contribution in [0.25, 0.3) is 0 Å². The Morgan fingerprint density at radius 1 is 1.16 bits per heavy atom. The Bertz CT molecular complexity index is 400. The molecular weight excluding hydrogens is 242 g/mol. The Kier molecular flexibility index (Phi) is 5.30. The lowest BCUT2D eigenvalue weighted by Gasteiger charge is -2.14. The van der Waals surface area contributed by atoms with E-state index in [0.717, 1.165) is 31.6 Å². The fraction of sp³-hybridized carbons (Fsp3) is 0.571. The maximum absolute atomic E-state index is 10.5. The van der Waals surface area contributed by atoms with E-state index in [4.69, 9.17) is 0 Å². The zero-order valence-corrected chi connectivity index (χ0v) is 11.2. The summed E-state index contributed by atoms with van der Waals surface area (Å²) >= 11 is 0. The molecular formula is C14H21N3O2. The lowest BCUT2D eigenvalue weighted by molar-refractivity contribution is -0.384. The zero-order chi connectivity index (χ0) is 13.5. The van der Waals surface area contributed by atoms with E-state index in [2.05, 4.69) is 10.2 Å². The van der Waals surface area contributed by atoms with Gasteiger partial charge in [0.25, 0.3) is 5.69 Å². The second-order valence-electron chi connectivity index (χ2n) is 4.97. The second kappa shape index (κ2) is 7.21. The van der Waals surface area contributed by atoms with Crippen molar-refractivity contribution in [2.75, 3.05) is 32.7 Å². The van der Waals surface area contributed by atoms with E-state index in [-0.39, 0.29) is 10.6 Å². The minimum atomic E-state index is -0.363. The van der Waals surface area contributed by atoms with Crippen molar-refractivity contribution in [3.8, 4) is 0 Å². The summed E-state index contributed by atoms with van der Waals surface area (Å²) in [5.41, 5.74) is 1.30. The van der Waals surface area contributed by atoms with Crippen molar-refractivity contribution in [3.05, 3.63) is 39.9 Å². The molecule has 0 spiro atoms. The van der Waals surface area contributed by atoms with Crippen LogP contribution in [0.1, 0.15) is 18.4 Å². The van der Waals surface area contributed by atoms with Crippen molar-refractivity contribution >= 4 is 5.69 Å². The number of hydrogen-bond acceptors (Lipinski definition) is 4. The van der Waals surface area contributed by atoms with Crippen molar-refractivity contribution in [2.45, 2.75) is 19.3 Å². The topological polar surface area (TPSA) is 58.4 Å². The molecule has 1 aliphatic heterocycles. The number of benzene rings is 1. The molecule has 0 saturated carbocycles. The number of rotatable bonds is 7. The van der Waals surface area contributed by atoms with Crippen LogP contribution in [-0.2, 0) is 6.42 Å². The van der Waals surface area contributed by atoms with Crippen molar-refractivity contribution in [3.63, 3.8) is 0 Å². The van der Waals surface area contributed by atoms with Gasteiger partial charge in [0.05, 0.1) is 4.92 Å². The molecule has 1 saturated heterocycles. The van der Waals surface area contributed by atoms with Gasteiger partial charge in [-0.1, -0.05) is 12.1 Å². The van der Waals surface area contributed by atoms with Gasteiger partial charge in [0.1, 0.15) is 0 Å². The molecule has 0 aromatic heterocycles. The summed E-state index contributed by atoms with van der Waals surface area (Å²) in [7, 11) is 0. The van der Waals surface area contributed by atoms with E-state index in [1.807, 2.05) is 12.1 Å². The second-order valence-corrected chi connectivity index (χ2v) is 4.97. The molecule has 0 atom stereocenters.